The van der Waals surface area contributed by atoms with E-state index >= 15 is 0 Å². The number of halogens is 2. The fraction of sp³-hybridized carbons (Fsp3) is 0.308. The number of aryl methyl sites for hydroxylation is 1. The zero-order valence-electron chi connectivity index (χ0n) is 27.1. The molecule has 9 heteroatoms. The molecule has 2 saturated heterocycles. The molecule has 5 aromatic rings. The van der Waals surface area contributed by atoms with Gasteiger partial charge in [0.25, 0.3) is 0 Å². The second kappa shape index (κ2) is 13.8. The van der Waals surface area contributed by atoms with E-state index in [1.54, 1.807) is 6.20 Å². The summed E-state index contributed by atoms with van der Waals surface area (Å²) in [5.41, 5.74) is 10.0. The molecule has 7 rings (SSSR count). The van der Waals surface area contributed by atoms with Crippen molar-refractivity contribution in [2.75, 3.05) is 26.2 Å². The molecule has 0 unspecified atom stereocenters. The Bertz CT molecular complexity index is 2080. The number of nitrogens with zero attached hydrogens (tertiary/aromatic N) is 5. The van der Waals surface area contributed by atoms with Crippen LogP contribution < -0.4 is 0 Å². The standard InChI is InChI=1S/C39H37Cl2N5O2/c1-24-16-27(34(40)19-28(24)22-45-13-3-4-14-45)8-9-36-33(20-42)32(10-12-43-36)30-6-5-7-31(25(30)2)39-44-37-18-26(17-35(41)38(37)48-39)21-46-15-11-29(47)23-46/h5-10,12,16-19,29,47H,3-4,11,13-15,21-23H2,1-2H3/b9-8+/t29-/m1/s1. The number of benzene rings is 3. The molecule has 0 bridgehead atoms. The summed E-state index contributed by atoms with van der Waals surface area (Å²) in [6.07, 6.45) is 8.54. The van der Waals surface area contributed by atoms with E-state index in [9.17, 15) is 10.4 Å². The number of β-amino-alcohol motifs (C(OH)–C–C–N with tert-alkyl or cyclic N) is 1. The van der Waals surface area contributed by atoms with Crippen LogP contribution in [0, 0.1) is 25.2 Å². The van der Waals surface area contributed by atoms with Crippen LogP contribution in [0.1, 0.15) is 58.3 Å². The number of oxazole rings is 1. The number of pyridine rings is 1. The first-order valence-electron chi connectivity index (χ1n) is 16.5. The molecule has 3 aromatic carbocycles. The number of hydrogen-bond donors (Lipinski definition) is 1. The van der Waals surface area contributed by atoms with Crippen molar-refractivity contribution < 1.29 is 9.52 Å². The van der Waals surface area contributed by atoms with Crippen LogP contribution in [0.5, 0.6) is 0 Å². The maximum atomic E-state index is 10.4. The molecule has 0 spiro atoms. The van der Waals surface area contributed by atoms with Gasteiger partial charge >= 0.3 is 0 Å². The average Bonchev–Trinajstić information content (AvgIpc) is 3.84. The van der Waals surface area contributed by atoms with Gasteiger partial charge in [0.05, 0.1) is 22.4 Å². The fourth-order valence-corrected chi connectivity index (χ4v) is 7.49. The van der Waals surface area contributed by atoms with Gasteiger partial charge in [-0.2, -0.15) is 5.26 Å². The van der Waals surface area contributed by atoms with Gasteiger partial charge < -0.3 is 9.52 Å². The quantitative estimate of drug-likeness (QED) is 0.176. The molecule has 2 aromatic heterocycles. The van der Waals surface area contributed by atoms with Gasteiger partial charge in [-0.3, -0.25) is 14.8 Å². The second-order valence-corrected chi connectivity index (χ2v) is 13.8. The van der Waals surface area contributed by atoms with E-state index in [0.717, 1.165) is 66.0 Å². The van der Waals surface area contributed by atoms with E-state index in [0.29, 0.717) is 51.4 Å². The van der Waals surface area contributed by atoms with Gasteiger partial charge in [-0.05, 0) is 116 Å². The topological polar surface area (TPSA) is 89.4 Å². The van der Waals surface area contributed by atoms with E-state index in [2.05, 4.69) is 39.9 Å². The third-order valence-electron chi connectivity index (χ3n) is 9.57. The van der Waals surface area contributed by atoms with Crippen LogP contribution >= 0.6 is 23.2 Å². The minimum atomic E-state index is -0.281. The number of aromatic nitrogens is 2. The molecule has 48 heavy (non-hydrogen) atoms. The van der Waals surface area contributed by atoms with Crippen molar-refractivity contribution in [3.8, 4) is 28.7 Å². The van der Waals surface area contributed by atoms with Crippen LogP contribution in [-0.4, -0.2) is 57.2 Å². The van der Waals surface area contributed by atoms with Crippen LogP contribution in [0.15, 0.2) is 59.1 Å². The lowest BCUT2D eigenvalue weighted by Crippen LogP contribution is -2.21. The molecule has 2 aliphatic rings. The van der Waals surface area contributed by atoms with Crippen LogP contribution in [0.4, 0.5) is 0 Å². The summed E-state index contributed by atoms with van der Waals surface area (Å²) < 4.78 is 6.23. The largest absolute Gasteiger partial charge is 0.434 e. The molecular formula is C39H37Cl2N5O2. The highest BCUT2D eigenvalue weighted by Gasteiger charge is 2.22. The minimum absolute atomic E-state index is 0.281. The summed E-state index contributed by atoms with van der Waals surface area (Å²) in [6.45, 7) is 9.51. The van der Waals surface area contributed by atoms with E-state index in [1.165, 1.54) is 24.0 Å². The van der Waals surface area contributed by atoms with Crippen LogP contribution in [0.25, 0.3) is 45.8 Å². The van der Waals surface area contributed by atoms with Gasteiger partial charge in [-0.1, -0.05) is 47.5 Å². The summed E-state index contributed by atoms with van der Waals surface area (Å²) in [5, 5.41) is 21.5. The Balaban J connectivity index is 1.18. The average molecular weight is 679 g/mol. The molecule has 2 aliphatic heterocycles. The number of nitriles is 1. The molecule has 4 heterocycles. The van der Waals surface area contributed by atoms with Crippen LogP contribution in [0.3, 0.4) is 0 Å². The Labute approximate surface area is 291 Å². The predicted molar refractivity (Wildman–Crippen MR) is 193 cm³/mol. The van der Waals surface area contributed by atoms with E-state index in [1.807, 2.05) is 55.5 Å². The Morgan fingerprint density at radius 1 is 0.958 bits per heavy atom. The first-order chi connectivity index (χ1) is 23.3. The van der Waals surface area contributed by atoms with Crippen molar-refractivity contribution in [3.63, 3.8) is 0 Å². The third-order valence-corrected chi connectivity index (χ3v) is 10.2. The third kappa shape index (κ3) is 6.64. The molecule has 0 saturated carbocycles. The van der Waals surface area contributed by atoms with Gasteiger partial charge in [0.15, 0.2) is 5.58 Å². The Hall–Kier alpha value is -4.03. The zero-order chi connectivity index (χ0) is 33.4. The maximum Gasteiger partial charge on any atom is 0.227 e. The Kier molecular flexibility index (Phi) is 9.37. The van der Waals surface area contributed by atoms with Crippen molar-refractivity contribution in [1.29, 1.82) is 5.26 Å². The highest BCUT2D eigenvalue weighted by atomic mass is 35.5. The predicted octanol–water partition coefficient (Wildman–Crippen LogP) is 8.68. The summed E-state index contributed by atoms with van der Waals surface area (Å²) in [5.74, 6) is 0.464. The van der Waals surface area contributed by atoms with Gasteiger partial charge in [-0.15, -0.1) is 0 Å². The van der Waals surface area contributed by atoms with Gasteiger partial charge in [0.1, 0.15) is 11.6 Å². The normalized spacial score (nSPS) is 17.2. The number of likely N-dealkylation sites (tertiary alicyclic amines) is 2. The lowest BCUT2D eigenvalue weighted by Gasteiger charge is -2.17. The SMILES string of the molecule is Cc1cc(/C=C/c2nccc(-c3cccc(-c4nc5cc(CN6CC[C@@H](O)C6)cc(Cl)c5o4)c3C)c2C#N)c(Cl)cc1CN1CCCC1. The summed E-state index contributed by atoms with van der Waals surface area (Å²) in [4.78, 5) is 14.1. The smallest absolute Gasteiger partial charge is 0.227 e. The molecule has 1 N–H and O–H groups in total. The minimum Gasteiger partial charge on any atom is -0.434 e. The van der Waals surface area contributed by atoms with Crippen molar-refractivity contribution in [1.82, 2.24) is 19.8 Å². The fourth-order valence-electron chi connectivity index (χ4n) is 6.97. The summed E-state index contributed by atoms with van der Waals surface area (Å²) in [7, 11) is 0. The molecule has 1 atom stereocenters. The Morgan fingerprint density at radius 2 is 1.77 bits per heavy atom. The number of fused-ring (bicyclic) bond motifs is 1. The van der Waals surface area contributed by atoms with E-state index in [4.69, 9.17) is 32.6 Å². The van der Waals surface area contributed by atoms with Gasteiger partial charge in [0.2, 0.25) is 5.89 Å². The Morgan fingerprint density at radius 3 is 2.54 bits per heavy atom. The molecule has 0 amide bonds. The van der Waals surface area contributed by atoms with E-state index < -0.39 is 0 Å². The lowest BCUT2D eigenvalue weighted by molar-refractivity contribution is 0.175. The first kappa shape index (κ1) is 32.5. The van der Waals surface area contributed by atoms with Crippen LogP contribution in [-0.2, 0) is 13.1 Å². The number of rotatable bonds is 8. The maximum absolute atomic E-state index is 10.4. The molecular weight excluding hydrogens is 641 g/mol. The highest BCUT2D eigenvalue weighted by Crippen LogP contribution is 2.37. The molecule has 7 nitrogen and oxygen atoms in total. The van der Waals surface area contributed by atoms with Gasteiger partial charge in [0, 0.05) is 48.5 Å². The second-order valence-electron chi connectivity index (χ2n) is 12.9. The van der Waals surface area contributed by atoms with Crippen molar-refractivity contribution in [3.05, 3.63) is 104 Å². The monoisotopic (exact) mass is 677 g/mol. The number of aliphatic hydroxyl groups excluding tert-OH is 1. The molecule has 0 aliphatic carbocycles. The first-order valence-corrected chi connectivity index (χ1v) is 17.2. The van der Waals surface area contributed by atoms with E-state index in [-0.39, 0.29) is 6.10 Å². The number of hydrogen-bond acceptors (Lipinski definition) is 7. The molecule has 2 fully saturated rings. The van der Waals surface area contributed by atoms with Crippen molar-refractivity contribution in [2.45, 2.75) is 52.3 Å². The zero-order valence-corrected chi connectivity index (χ0v) is 28.7. The lowest BCUT2D eigenvalue weighted by atomic mass is 9.93. The summed E-state index contributed by atoms with van der Waals surface area (Å²) in [6, 6.07) is 18.3. The molecule has 244 valence electrons. The van der Waals surface area contributed by atoms with Gasteiger partial charge in [-0.25, -0.2) is 4.98 Å². The highest BCUT2D eigenvalue weighted by molar-refractivity contribution is 6.34. The molecule has 0 radical (unpaired) electrons. The van der Waals surface area contributed by atoms with Crippen molar-refractivity contribution in [2.24, 2.45) is 0 Å². The summed E-state index contributed by atoms with van der Waals surface area (Å²) >= 11 is 13.4. The number of aliphatic hydroxyl groups is 1. The van der Waals surface area contributed by atoms with Crippen LogP contribution in [0.2, 0.25) is 10.0 Å². The van der Waals surface area contributed by atoms with Crippen molar-refractivity contribution >= 4 is 46.5 Å².